The summed E-state index contributed by atoms with van der Waals surface area (Å²) < 4.78 is 11.0. The van der Waals surface area contributed by atoms with Crippen molar-refractivity contribution in [1.29, 1.82) is 0 Å². The normalized spacial score (nSPS) is 10.5. The maximum absolute atomic E-state index is 12.1. The van der Waals surface area contributed by atoms with Gasteiger partial charge in [-0.15, -0.1) is 0 Å². The van der Waals surface area contributed by atoms with Gasteiger partial charge in [0.05, 0.1) is 12.8 Å². The van der Waals surface area contributed by atoms with Gasteiger partial charge < -0.3 is 20.1 Å². The molecule has 0 atom stereocenters. The molecule has 0 fully saturated rings. The quantitative estimate of drug-likeness (QED) is 0.227. The summed E-state index contributed by atoms with van der Waals surface area (Å²) >= 11 is 0. The zero-order valence-electron chi connectivity index (χ0n) is 20.1. The minimum absolute atomic E-state index is 0.138. The van der Waals surface area contributed by atoms with E-state index < -0.39 is 11.8 Å². The maximum Gasteiger partial charge on any atom is 0.329 e. The fraction of sp³-hybridized carbons (Fsp3) is 0.185. The molecule has 3 N–H and O–H groups in total. The molecule has 0 saturated heterocycles. The molecule has 9 heteroatoms. The van der Waals surface area contributed by atoms with Crippen LogP contribution in [0.25, 0.3) is 0 Å². The maximum atomic E-state index is 12.1. The molecule has 0 bridgehead atoms. The summed E-state index contributed by atoms with van der Waals surface area (Å²) in [7, 11) is 0. The van der Waals surface area contributed by atoms with Crippen molar-refractivity contribution in [3.8, 4) is 11.5 Å². The Balaban J connectivity index is 1.40. The highest BCUT2D eigenvalue weighted by atomic mass is 16.5. The Kier molecular flexibility index (Phi) is 9.58. The Morgan fingerprint density at radius 2 is 1.53 bits per heavy atom. The molecule has 0 unspecified atom stereocenters. The number of nitrogens with zero attached hydrogens (tertiary/aromatic N) is 1. The summed E-state index contributed by atoms with van der Waals surface area (Å²) in [6, 6.07) is 21.0. The number of anilines is 2. The molecule has 0 aromatic heterocycles. The van der Waals surface area contributed by atoms with E-state index in [0.29, 0.717) is 35.0 Å². The van der Waals surface area contributed by atoms with E-state index in [1.54, 1.807) is 48.5 Å². The largest absolute Gasteiger partial charge is 0.494 e. The molecule has 186 valence electrons. The van der Waals surface area contributed by atoms with Gasteiger partial charge >= 0.3 is 11.8 Å². The predicted octanol–water partition coefficient (Wildman–Crippen LogP) is 3.89. The Labute approximate surface area is 209 Å². The molecule has 0 heterocycles. The van der Waals surface area contributed by atoms with Crippen molar-refractivity contribution in [2.45, 2.75) is 20.3 Å². The Hall–Kier alpha value is -4.66. The second kappa shape index (κ2) is 13.3. The lowest BCUT2D eigenvalue weighted by atomic mass is 10.2. The Morgan fingerprint density at radius 1 is 0.833 bits per heavy atom. The Bertz CT molecular complexity index is 1210. The van der Waals surface area contributed by atoms with Gasteiger partial charge in [0.2, 0.25) is 0 Å². The lowest BCUT2D eigenvalue weighted by Crippen LogP contribution is -2.32. The van der Waals surface area contributed by atoms with Gasteiger partial charge in [0.1, 0.15) is 11.5 Å². The number of ether oxygens (including phenoxy) is 2. The van der Waals surface area contributed by atoms with Crippen molar-refractivity contribution in [3.05, 3.63) is 83.9 Å². The van der Waals surface area contributed by atoms with Crippen molar-refractivity contribution in [3.63, 3.8) is 0 Å². The van der Waals surface area contributed by atoms with E-state index in [1.807, 2.05) is 38.1 Å². The number of carbonyl (C=O) groups is 3. The van der Waals surface area contributed by atoms with Crippen LogP contribution in [0.5, 0.6) is 11.5 Å². The summed E-state index contributed by atoms with van der Waals surface area (Å²) in [5.41, 5.74) is 5.06. The number of amides is 3. The smallest absolute Gasteiger partial charge is 0.329 e. The molecule has 0 aliphatic rings. The third-order valence-corrected chi connectivity index (χ3v) is 4.72. The third-order valence-electron chi connectivity index (χ3n) is 4.72. The molecule has 0 aliphatic heterocycles. The van der Waals surface area contributed by atoms with E-state index in [-0.39, 0.29) is 12.5 Å². The minimum Gasteiger partial charge on any atom is -0.494 e. The lowest BCUT2D eigenvalue weighted by Gasteiger charge is -2.08. The van der Waals surface area contributed by atoms with Gasteiger partial charge in [-0.25, -0.2) is 5.43 Å². The van der Waals surface area contributed by atoms with Crippen LogP contribution in [-0.2, 0) is 14.4 Å². The molecular formula is C27H28N4O5. The molecule has 0 radical (unpaired) electrons. The van der Waals surface area contributed by atoms with Crippen molar-refractivity contribution < 1.29 is 23.9 Å². The Morgan fingerprint density at radius 3 is 2.22 bits per heavy atom. The van der Waals surface area contributed by atoms with Crippen LogP contribution in [0.2, 0.25) is 0 Å². The summed E-state index contributed by atoms with van der Waals surface area (Å²) in [4.78, 5) is 36.1. The van der Waals surface area contributed by atoms with Crippen LogP contribution in [0.15, 0.2) is 77.9 Å². The molecule has 9 nitrogen and oxygen atoms in total. The topological polar surface area (TPSA) is 118 Å². The minimum atomic E-state index is -0.905. The van der Waals surface area contributed by atoms with Crippen molar-refractivity contribution in [2.75, 3.05) is 23.8 Å². The molecule has 0 saturated carbocycles. The number of rotatable bonds is 10. The zero-order valence-corrected chi connectivity index (χ0v) is 20.1. The van der Waals surface area contributed by atoms with E-state index in [4.69, 9.17) is 9.47 Å². The number of benzene rings is 3. The molecule has 36 heavy (non-hydrogen) atoms. The summed E-state index contributed by atoms with van der Waals surface area (Å²) in [6.45, 7) is 4.42. The van der Waals surface area contributed by atoms with Crippen molar-refractivity contribution >= 4 is 35.3 Å². The standard InChI is InChI=1S/C27H28N4O5/c1-3-15-35-23-13-9-21(10-14-23)30-26(33)27(34)31-28-17-20-7-11-24(12-8-20)36-18-25(32)29-22-6-4-5-19(2)16-22/h4-14,16-17H,3,15,18H2,1-2H3,(H,29,32)(H,30,33)(H,31,34)/b28-17-. The zero-order chi connectivity index (χ0) is 25.8. The summed E-state index contributed by atoms with van der Waals surface area (Å²) in [6.07, 6.45) is 2.28. The second-order valence-corrected chi connectivity index (χ2v) is 7.80. The first-order valence-electron chi connectivity index (χ1n) is 11.4. The van der Waals surface area contributed by atoms with Gasteiger partial charge in [-0.2, -0.15) is 5.10 Å². The van der Waals surface area contributed by atoms with Gasteiger partial charge in [-0.05, 0) is 85.1 Å². The number of nitrogens with one attached hydrogen (secondary N) is 3. The fourth-order valence-electron chi connectivity index (χ4n) is 2.98. The number of hydrogen-bond acceptors (Lipinski definition) is 6. The van der Waals surface area contributed by atoms with Gasteiger partial charge in [0.25, 0.3) is 5.91 Å². The van der Waals surface area contributed by atoms with Gasteiger partial charge in [-0.3, -0.25) is 14.4 Å². The molecule has 3 aromatic rings. The molecule has 3 amide bonds. The summed E-state index contributed by atoms with van der Waals surface area (Å²) in [5.74, 6) is -0.834. The number of hydrazone groups is 1. The first-order chi connectivity index (χ1) is 17.4. The van der Waals surface area contributed by atoms with Crippen LogP contribution >= 0.6 is 0 Å². The van der Waals surface area contributed by atoms with E-state index in [1.165, 1.54) is 6.21 Å². The number of carbonyl (C=O) groups excluding carboxylic acids is 3. The molecule has 0 aliphatic carbocycles. The van der Waals surface area contributed by atoms with Crippen molar-refractivity contribution in [2.24, 2.45) is 5.10 Å². The lowest BCUT2D eigenvalue weighted by molar-refractivity contribution is -0.136. The number of aryl methyl sites for hydroxylation is 1. The van der Waals surface area contributed by atoms with Gasteiger partial charge in [0, 0.05) is 11.4 Å². The van der Waals surface area contributed by atoms with Crippen LogP contribution in [0.3, 0.4) is 0 Å². The van der Waals surface area contributed by atoms with Crippen LogP contribution in [0, 0.1) is 6.92 Å². The average Bonchev–Trinajstić information content (AvgIpc) is 2.87. The molecule has 3 aromatic carbocycles. The van der Waals surface area contributed by atoms with Crippen LogP contribution in [0.4, 0.5) is 11.4 Å². The highest BCUT2D eigenvalue weighted by Gasteiger charge is 2.13. The third kappa shape index (κ3) is 8.60. The monoisotopic (exact) mass is 488 g/mol. The first-order valence-corrected chi connectivity index (χ1v) is 11.4. The molecule has 0 spiro atoms. The fourth-order valence-corrected chi connectivity index (χ4v) is 2.98. The molecular weight excluding hydrogens is 460 g/mol. The highest BCUT2D eigenvalue weighted by molar-refractivity contribution is 6.39. The van der Waals surface area contributed by atoms with Crippen LogP contribution in [0.1, 0.15) is 24.5 Å². The van der Waals surface area contributed by atoms with E-state index in [0.717, 1.165) is 12.0 Å². The molecule has 3 rings (SSSR count). The number of hydrogen-bond donors (Lipinski definition) is 3. The predicted molar refractivity (Wildman–Crippen MR) is 138 cm³/mol. The van der Waals surface area contributed by atoms with Crippen LogP contribution < -0.4 is 25.5 Å². The van der Waals surface area contributed by atoms with E-state index in [9.17, 15) is 14.4 Å². The first kappa shape index (κ1) is 26.0. The highest BCUT2D eigenvalue weighted by Crippen LogP contribution is 2.16. The van der Waals surface area contributed by atoms with Gasteiger partial charge in [0.15, 0.2) is 6.61 Å². The SMILES string of the molecule is CCCOc1ccc(NC(=O)C(=O)N/N=C\c2ccc(OCC(=O)Nc3cccc(C)c3)cc2)cc1. The van der Waals surface area contributed by atoms with Crippen LogP contribution in [-0.4, -0.2) is 37.1 Å². The second-order valence-electron chi connectivity index (χ2n) is 7.80. The average molecular weight is 489 g/mol. The summed E-state index contributed by atoms with van der Waals surface area (Å²) in [5, 5.41) is 9.07. The van der Waals surface area contributed by atoms with E-state index in [2.05, 4.69) is 21.2 Å². The van der Waals surface area contributed by atoms with E-state index >= 15 is 0 Å². The van der Waals surface area contributed by atoms with Crippen molar-refractivity contribution in [1.82, 2.24) is 5.43 Å². The van der Waals surface area contributed by atoms with Gasteiger partial charge in [-0.1, -0.05) is 19.1 Å².